The van der Waals surface area contributed by atoms with E-state index in [-0.39, 0.29) is 5.28 Å². The lowest BCUT2D eigenvalue weighted by Gasteiger charge is -2.04. The third kappa shape index (κ3) is 2.70. The van der Waals surface area contributed by atoms with E-state index in [1.807, 2.05) is 30.3 Å². The molecule has 1 aromatic heterocycles. The standard InChI is InChI=1S/C12H11ClN2O/c1-16-11-8-10(14-12(13)15-11)7-9-5-3-2-4-6-9/h2-6,8H,7H2,1H3. The number of rotatable bonds is 3. The topological polar surface area (TPSA) is 35.0 Å². The molecule has 2 rings (SSSR count). The first-order valence-corrected chi connectivity index (χ1v) is 5.27. The molecular formula is C12H11ClN2O. The Morgan fingerprint density at radius 3 is 2.62 bits per heavy atom. The average molecular weight is 235 g/mol. The minimum atomic E-state index is 0.213. The number of hydrogen-bond donors (Lipinski definition) is 0. The van der Waals surface area contributed by atoms with Crippen LogP contribution in [0.4, 0.5) is 0 Å². The van der Waals surface area contributed by atoms with Gasteiger partial charge in [0.05, 0.1) is 12.8 Å². The molecule has 0 fully saturated rings. The molecule has 0 bridgehead atoms. The van der Waals surface area contributed by atoms with Crippen LogP contribution in [0.3, 0.4) is 0 Å². The smallest absolute Gasteiger partial charge is 0.225 e. The Morgan fingerprint density at radius 2 is 1.94 bits per heavy atom. The van der Waals surface area contributed by atoms with E-state index in [4.69, 9.17) is 16.3 Å². The predicted octanol–water partition coefficient (Wildman–Crippen LogP) is 2.73. The summed E-state index contributed by atoms with van der Waals surface area (Å²) >= 11 is 5.79. The van der Waals surface area contributed by atoms with Crippen molar-refractivity contribution in [2.75, 3.05) is 7.11 Å². The molecule has 0 radical (unpaired) electrons. The molecule has 82 valence electrons. The van der Waals surface area contributed by atoms with Gasteiger partial charge in [0.2, 0.25) is 11.2 Å². The zero-order chi connectivity index (χ0) is 11.4. The van der Waals surface area contributed by atoms with E-state index < -0.39 is 0 Å². The Labute approximate surface area is 99.1 Å². The molecule has 1 heterocycles. The van der Waals surface area contributed by atoms with E-state index in [0.29, 0.717) is 5.88 Å². The van der Waals surface area contributed by atoms with Gasteiger partial charge in [-0.25, -0.2) is 4.98 Å². The van der Waals surface area contributed by atoms with Crippen molar-refractivity contribution in [3.05, 3.63) is 52.9 Å². The molecule has 4 heteroatoms. The van der Waals surface area contributed by atoms with Crippen molar-refractivity contribution in [3.63, 3.8) is 0 Å². The van der Waals surface area contributed by atoms with Crippen LogP contribution in [0, 0.1) is 0 Å². The number of nitrogens with zero attached hydrogens (tertiary/aromatic N) is 2. The maximum Gasteiger partial charge on any atom is 0.225 e. The van der Waals surface area contributed by atoms with Crippen LogP contribution in [0.1, 0.15) is 11.3 Å². The molecule has 0 aliphatic heterocycles. The molecule has 16 heavy (non-hydrogen) atoms. The SMILES string of the molecule is COc1cc(Cc2ccccc2)nc(Cl)n1. The van der Waals surface area contributed by atoms with Gasteiger partial charge in [-0.05, 0) is 17.2 Å². The molecule has 0 unspecified atom stereocenters. The molecule has 0 saturated carbocycles. The normalized spacial score (nSPS) is 10.1. The Kier molecular flexibility index (Phi) is 3.37. The van der Waals surface area contributed by atoms with Crippen molar-refractivity contribution >= 4 is 11.6 Å². The van der Waals surface area contributed by atoms with Crippen LogP contribution < -0.4 is 4.74 Å². The highest BCUT2D eigenvalue weighted by Crippen LogP contribution is 2.15. The molecule has 0 atom stereocenters. The summed E-state index contributed by atoms with van der Waals surface area (Å²) in [6, 6.07) is 11.9. The number of aromatic nitrogens is 2. The van der Waals surface area contributed by atoms with Gasteiger partial charge < -0.3 is 4.74 Å². The lowest BCUT2D eigenvalue weighted by atomic mass is 10.1. The second-order valence-electron chi connectivity index (χ2n) is 3.33. The van der Waals surface area contributed by atoms with Gasteiger partial charge in [0.1, 0.15) is 0 Å². The second-order valence-corrected chi connectivity index (χ2v) is 3.67. The molecule has 0 N–H and O–H groups in total. The van der Waals surface area contributed by atoms with E-state index in [9.17, 15) is 0 Å². The summed E-state index contributed by atoms with van der Waals surface area (Å²) in [6.07, 6.45) is 0.722. The molecule has 0 aliphatic rings. The van der Waals surface area contributed by atoms with E-state index in [2.05, 4.69) is 9.97 Å². The number of benzene rings is 1. The van der Waals surface area contributed by atoms with Crippen LogP contribution in [-0.2, 0) is 6.42 Å². The Hall–Kier alpha value is -1.61. The zero-order valence-corrected chi connectivity index (χ0v) is 9.61. The molecule has 3 nitrogen and oxygen atoms in total. The highest BCUT2D eigenvalue weighted by molar-refractivity contribution is 6.28. The Balaban J connectivity index is 2.24. The summed E-state index contributed by atoms with van der Waals surface area (Å²) in [5.74, 6) is 0.492. The van der Waals surface area contributed by atoms with Gasteiger partial charge in [-0.15, -0.1) is 0 Å². The highest BCUT2D eigenvalue weighted by atomic mass is 35.5. The summed E-state index contributed by atoms with van der Waals surface area (Å²) in [7, 11) is 1.56. The summed E-state index contributed by atoms with van der Waals surface area (Å²) in [5.41, 5.74) is 2.03. The van der Waals surface area contributed by atoms with Crippen LogP contribution in [0.25, 0.3) is 0 Å². The first-order chi connectivity index (χ1) is 7.78. The van der Waals surface area contributed by atoms with Crippen molar-refractivity contribution in [2.45, 2.75) is 6.42 Å². The lowest BCUT2D eigenvalue weighted by Crippen LogP contribution is -1.97. The number of ether oxygens (including phenoxy) is 1. The van der Waals surface area contributed by atoms with Gasteiger partial charge in [0.25, 0.3) is 0 Å². The fourth-order valence-electron chi connectivity index (χ4n) is 1.44. The number of hydrogen-bond acceptors (Lipinski definition) is 3. The van der Waals surface area contributed by atoms with Crippen LogP contribution in [0.5, 0.6) is 5.88 Å². The molecule has 0 saturated heterocycles. The fourth-order valence-corrected chi connectivity index (χ4v) is 1.63. The van der Waals surface area contributed by atoms with Crippen LogP contribution in [0.15, 0.2) is 36.4 Å². The largest absolute Gasteiger partial charge is 0.481 e. The maximum atomic E-state index is 5.79. The second kappa shape index (κ2) is 4.94. The predicted molar refractivity (Wildman–Crippen MR) is 62.8 cm³/mol. The third-order valence-corrected chi connectivity index (χ3v) is 2.33. The van der Waals surface area contributed by atoms with Crippen molar-refractivity contribution in [1.82, 2.24) is 9.97 Å². The van der Waals surface area contributed by atoms with Crippen LogP contribution in [0.2, 0.25) is 5.28 Å². The minimum absolute atomic E-state index is 0.213. The van der Waals surface area contributed by atoms with Crippen molar-refractivity contribution in [2.24, 2.45) is 0 Å². The number of halogens is 1. The minimum Gasteiger partial charge on any atom is -0.481 e. The van der Waals surface area contributed by atoms with Crippen LogP contribution in [-0.4, -0.2) is 17.1 Å². The Bertz CT molecular complexity index is 474. The highest BCUT2D eigenvalue weighted by Gasteiger charge is 2.03. The zero-order valence-electron chi connectivity index (χ0n) is 8.85. The first kappa shape index (κ1) is 10.9. The van der Waals surface area contributed by atoms with Crippen molar-refractivity contribution in [3.8, 4) is 5.88 Å². The summed E-state index contributed by atoms with van der Waals surface area (Å²) in [4.78, 5) is 8.08. The molecule has 2 aromatic rings. The molecule has 0 amide bonds. The monoisotopic (exact) mass is 234 g/mol. The van der Waals surface area contributed by atoms with Crippen molar-refractivity contribution in [1.29, 1.82) is 0 Å². The van der Waals surface area contributed by atoms with E-state index in [1.165, 1.54) is 5.56 Å². The molecule has 0 aliphatic carbocycles. The van der Waals surface area contributed by atoms with Gasteiger partial charge in [0.15, 0.2) is 0 Å². The van der Waals surface area contributed by atoms with E-state index >= 15 is 0 Å². The molecule has 0 spiro atoms. The van der Waals surface area contributed by atoms with E-state index in [0.717, 1.165) is 12.1 Å². The van der Waals surface area contributed by atoms with Crippen LogP contribution >= 0.6 is 11.6 Å². The summed E-state index contributed by atoms with van der Waals surface area (Å²) in [6.45, 7) is 0. The summed E-state index contributed by atoms with van der Waals surface area (Å²) < 4.78 is 5.04. The van der Waals surface area contributed by atoms with Gasteiger partial charge in [-0.1, -0.05) is 30.3 Å². The molecule has 1 aromatic carbocycles. The summed E-state index contributed by atoms with van der Waals surface area (Å²) in [5, 5.41) is 0.213. The first-order valence-electron chi connectivity index (χ1n) is 4.89. The Morgan fingerprint density at radius 1 is 1.19 bits per heavy atom. The van der Waals surface area contributed by atoms with Crippen molar-refractivity contribution < 1.29 is 4.74 Å². The average Bonchev–Trinajstić information content (AvgIpc) is 2.29. The van der Waals surface area contributed by atoms with Gasteiger partial charge >= 0.3 is 0 Å². The lowest BCUT2D eigenvalue weighted by molar-refractivity contribution is 0.396. The quantitative estimate of drug-likeness (QED) is 0.766. The van der Waals surface area contributed by atoms with Gasteiger partial charge in [0, 0.05) is 12.5 Å². The number of methoxy groups -OCH3 is 1. The third-order valence-electron chi connectivity index (χ3n) is 2.17. The fraction of sp³-hybridized carbons (Fsp3) is 0.167. The van der Waals surface area contributed by atoms with E-state index in [1.54, 1.807) is 13.2 Å². The molecular weight excluding hydrogens is 224 g/mol. The maximum absolute atomic E-state index is 5.79. The van der Waals surface area contributed by atoms with Gasteiger partial charge in [-0.3, -0.25) is 0 Å². The van der Waals surface area contributed by atoms with Gasteiger partial charge in [-0.2, -0.15) is 4.98 Å².